The average Bonchev–Trinajstić information content (AvgIpc) is 2.39. The first-order valence-electron chi connectivity index (χ1n) is 6.77. The Hall–Kier alpha value is -0.920. The van der Waals surface area contributed by atoms with E-state index in [2.05, 4.69) is 21.2 Å². The molecule has 1 rings (SSSR count). The Kier molecular flexibility index (Phi) is 6.83. The summed E-state index contributed by atoms with van der Waals surface area (Å²) in [5.41, 5.74) is 0.678. The maximum atomic E-state index is 12.0. The van der Waals surface area contributed by atoms with Crippen molar-refractivity contribution in [3.05, 3.63) is 28.7 Å². The fraction of sp³-hybridized carbons (Fsp3) is 0.500. The second kappa shape index (κ2) is 7.91. The molecule has 1 aromatic carbocycles. The van der Waals surface area contributed by atoms with Crippen molar-refractivity contribution in [2.45, 2.75) is 32.7 Å². The smallest absolute Gasteiger partial charge is 0.225 e. The van der Waals surface area contributed by atoms with Gasteiger partial charge in [0.05, 0.1) is 11.9 Å². The number of nitrogens with one attached hydrogen (secondary N) is 1. The number of halogens is 1. The first kappa shape index (κ1) is 18.1. The summed E-state index contributed by atoms with van der Waals surface area (Å²) in [6.07, 6.45) is 2.00. The highest BCUT2D eigenvalue weighted by Crippen LogP contribution is 2.21. The Labute approximate surface area is 134 Å². The lowest BCUT2D eigenvalue weighted by molar-refractivity contribution is -0.116. The minimum Gasteiger partial charge on any atom is -0.325 e. The van der Waals surface area contributed by atoms with Gasteiger partial charge in [-0.15, -0.1) is 0 Å². The molecular formula is C14H21BrN2O3S. The Morgan fingerprint density at radius 3 is 2.52 bits per heavy atom. The largest absolute Gasteiger partial charge is 0.325 e. The molecule has 1 aromatic rings. The standard InChI is InChI=1S/C14H21BrN2O3S/c1-4-11(2)17(21(3,19)20)10-9-14(18)16-13-8-6-5-7-12(13)15/h5-8,11H,4,9-10H2,1-3H3,(H,16,18). The third-order valence-corrected chi connectivity index (χ3v) is 5.30. The molecule has 1 N–H and O–H groups in total. The van der Waals surface area contributed by atoms with E-state index in [1.807, 2.05) is 32.0 Å². The fourth-order valence-electron chi connectivity index (χ4n) is 1.90. The summed E-state index contributed by atoms with van der Waals surface area (Å²) in [7, 11) is -3.31. The van der Waals surface area contributed by atoms with Crippen molar-refractivity contribution in [3.63, 3.8) is 0 Å². The maximum absolute atomic E-state index is 12.0. The van der Waals surface area contributed by atoms with Gasteiger partial charge in [0, 0.05) is 23.5 Å². The minimum absolute atomic E-state index is 0.115. The molecule has 0 aliphatic carbocycles. The molecule has 0 aliphatic heterocycles. The lowest BCUT2D eigenvalue weighted by Crippen LogP contribution is -2.39. The highest BCUT2D eigenvalue weighted by Gasteiger charge is 2.22. The van der Waals surface area contributed by atoms with Crippen LogP contribution in [0, 0.1) is 0 Å². The molecule has 0 spiro atoms. The number of benzene rings is 1. The third-order valence-electron chi connectivity index (χ3n) is 3.22. The molecule has 1 unspecified atom stereocenters. The zero-order valence-electron chi connectivity index (χ0n) is 12.5. The first-order valence-corrected chi connectivity index (χ1v) is 9.41. The number of carbonyl (C=O) groups excluding carboxylic acids is 1. The van der Waals surface area contributed by atoms with Crippen LogP contribution in [0.4, 0.5) is 5.69 Å². The van der Waals surface area contributed by atoms with Crippen molar-refractivity contribution in [3.8, 4) is 0 Å². The van der Waals surface area contributed by atoms with Gasteiger partial charge in [-0.3, -0.25) is 4.79 Å². The fourth-order valence-corrected chi connectivity index (χ4v) is 3.51. The zero-order chi connectivity index (χ0) is 16.0. The van der Waals surface area contributed by atoms with Gasteiger partial charge >= 0.3 is 0 Å². The van der Waals surface area contributed by atoms with Crippen LogP contribution in [0.25, 0.3) is 0 Å². The molecular weight excluding hydrogens is 356 g/mol. The lowest BCUT2D eigenvalue weighted by atomic mass is 10.2. The summed E-state index contributed by atoms with van der Waals surface area (Å²) in [5.74, 6) is -0.209. The second-order valence-corrected chi connectivity index (χ2v) is 7.70. The summed E-state index contributed by atoms with van der Waals surface area (Å²) in [4.78, 5) is 12.0. The molecule has 0 aromatic heterocycles. The van der Waals surface area contributed by atoms with E-state index >= 15 is 0 Å². The molecule has 21 heavy (non-hydrogen) atoms. The Bertz CT molecular complexity index is 590. The number of sulfonamides is 1. The topological polar surface area (TPSA) is 66.5 Å². The van der Waals surface area contributed by atoms with Crippen LogP contribution in [0.2, 0.25) is 0 Å². The second-order valence-electron chi connectivity index (χ2n) is 4.91. The van der Waals surface area contributed by atoms with E-state index < -0.39 is 10.0 Å². The van der Waals surface area contributed by atoms with Crippen LogP contribution in [0.3, 0.4) is 0 Å². The van der Waals surface area contributed by atoms with Crippen LogP contribution in [-0.4, -0.2) is 37.5 Å². The van der Waals surface area contributed by atoms with Crippen LogP contribution in [0.15, 0.2) is 28.7 Å². The van der Waals surface area contributed by atoms with Gasteiger partial charge in [-0.05, 0) is 41.4 Å². The summed E-state index contributed by atoms with van der Waals surface area (Å²) in [6, 6.07) is 7.18. The van der Waals surface area contributed by atoms with E-state index in [9.17, 15) is 13.2 Å². The van der Waals surface area contributed by atoms with Crippen molar-refractivity contribution < 1.29 is 13.2 Å². The molecule has 0 aliphatic rings. The zero-order valence-corrected chi connectivity index (χ0v) is 14.9. The molecule has 0 bridgehead atoms. The number of rotatable bonds is 7. The summed E-state index contributed by atoms with van der Waals surface area (Å²) >= 11 is 3.35. The summed E-state index contributed by atoms with van der Waals surface area (Å²) < 4.78 is 25.6. The van der Waals surface area contributed by atoms with E-state index in [4.69, 9.17) is 0 Å². The van der Waals surface area contributed by atoms with Gasteiger partial charge in [0.25, 0.3) is 0 Å². The van der Waals surface area contributed by atoms with Gasteiger partial charge in [0.1, 0.15) is 0 Å². The highest BCUT2D eigenvalue weighted by atomic mass is 79.9. The maximum Gasteiger partial charge on any atom is 0.225 e. The molecule has 5 nitrogen and oxygen atoms in total. The number of carbonyl (C=O) groups is 1. The van der Waals surface area contributed by atoms with Crippen LogP contribution in [0.1, 0.15) is 26.7 Å². The van der Waals surface area contributed by atoms with E-state index in [1.54, 1.807) is 6.07 Å². The Morgan fingerprint density at radius 2 is 2.00 bits per heavy atom. The number of hydrogen-bond donors (Lipinski definition) is 1. The van der Waals surface area contributed by atoms with E-state index in [-0.39, 0.29) is 24.9 Å². The number of hydrogen-bond acceptors (Lipinski definition) is 3. The Balaban J connectivity index is 2.65. The molecule has 7 heteroatoms. The van der Waals surface area contributed by atoms with E-state index in [0.717, 1.165) is 4.47 Å². The molecule has 1 atom stereocenters. The van der Waals surface area contributed by atoms with Crippen molar-refractivity contribution in [1.29, 1.82) is 0 Å². The van der Waals surface area contributed by atoms with Crippen LogP contribution < -0.4 is 5.32 Å². The van der Waals surface area contributed by atoms with Gasteiger partial charge in [0.15, 0.2) is 0 Å². The number of para-hydroxylation sites is 1. The van der Waals surface area contributed by atoms with E-state index in [0.29, 0.717) is 12.1 Å². The number of amides is 1. The monoisotopic (exact) mass is 376 g/mol. The van der Waals surface area contributed by atoms with Crippen molar-refractivity contribution in [2.24, 2.45) is 0 Å². The van der Waals surface area contributed by atoms with Crippen molar-refractivity contribution in [2.75, 3.05) is 18.1 Å². The average molecular weight is 377 g/mol. The normalized spacial score (nSPS) is 13.2. The first-order chi connectivity index (χ1) is 9.75. The summed E-state index contributed by atoms with van der Waals surface area (Å²) in [5, 5.41) is 2.77. The molecule has 0 saturated carbocycles. The quantitative estimate of drug-likeness (QED) is 0.795. The van der Waals surface area contributed by atoms with Gasteiger partial charge < -0.3 is 5.32 Å². The molecule has 118 valence electrons. The molecule has 0 radical (unpaired) electrons. The highest BCUT2D eigenvalue weighted by molar-refractivity contribution is 9.10. The number of anilines is 1. The number of nitrogens with zero attached hydrogens (tertiary/aromatic N) is 1. The minimum atomic E-state index is -3.31. The SMILES string of the molecule is CCC(C)N(CCC(=O)Nc1ccccc1Br)S(C)(=O)=O. The van der Waals surface area contributed by atoms with Gasteiger partial charge in [-0.25, -0.2) is 8.42 Å². The Morgan fingerprint density at radius 1 is 1.38 bits per heavy atom. The van der Waals surface area contributed by atoms with Gasteiger partial charge in [-0.2, -0.15) is 4.31 Å². The predicted molar refractivity (Wildman–Crippen MR) is 88.7 cm³/mol. The van der Waals surface area contributed by atoms with E-state index in [1.165, 1.54) is 10.6 Å². The molecule has 0 saturated heterocycles. The predicted octanol–water partition coefficient (Wildman–Crippen LogP) is 2.84. The third kappa shape index (κ3) is 5.76. The molecule has 0 fully saturated rings. The molecule has 0 heterocycles. The van der Waals surface area contributed by atoms with Crippen LogP contribution in [-0.2, 0) is 14.8 Å². The van der Waals surface area contributed by atoms with Gasteiger partial charge in [0.2, 0.25) is 15.9 Å². The van der Waals surface area contributed by atoms with Crippen LogP contribution >= 0.6 is 15.9 Å². The van der Waals surface area contributed by atoms with Crippen molar-refractivity contribution >= 4 is 37.5 Å². The van der Waals surface area contributed by atoms with Crippen LogP contribution in [0.5, 0.6) is 0 Å². The lowest BCUT2D eigenvalue weighted by Gasteiger charge is -2.25. The summed E-state index contributed by atoms with van der Waals surface area (Å²) in [6.45, 7) is 3.95. The molecule has 1 amide bonds. The van der Waals surface area contributed by atoms with Crippen molar-refractivity contribution in [1.82, 2.24) is 4.31 Å². The van der Waals surface area contributed by atoms with Gasteiger partial charge in [-0.1, -0.05) is 19.1 Å².